The van der Waals surface area contributed by atoms with E-state index >= 15 is 0 Å². The van der Waals surface area contributed by atoms with Gasteiger partial charge in [0, 0.05) is 23.5 Å². The molecule has 0 aromatic heterocycles. The third-order valence-corrected chi connectivity index (χ3v) is 6.35. The molecule has 4 rings (SSSR count). The van der Waals surface area contributed by atoms with Crippen molar-refractivity contribution < 1.29 is 9.59 Å². The Morgan fingerprint density at radius 2 is 1.63 bits per heavy atom. The van der Waals surface area contributed by atoms with Gasteiger partial charge in [-0.25, -0.2) is 0 Å². The predicted molar refractivity (Wildman–Crippen MR) is 122 cm³/mol. The lowest BCUT2D eigenvalue weighted by molar-refractivity contribution is -0.115. The molecule has 1 aliphatic rings. The predicted octanol–water partition coefficient (Wildman–Crippen LogP) is 5.00. The number of nitrogens with one attached hydrogen (secondary N) is 1. The van der Waals surface area contributed by atoms with Crippen molar-refractivity contribution in [2.45, 2.75) is 30.0 Å². The van der Waals surface area contributed by atoms with Crippen molar-refractivity contribution in [2.24, 2.45) is 0 Å². The summed E-state index contributed by atoms with van der Waals surface area (Å²) in [5, 5.41) is 2.80. The minimum atomic E-state index is -0.125. The zero-order valence-corrected chi connectivity index (χ0v) is 17.7. The lowest BCUT2D eigenvalue weighted by atomic mass is 10.1. The van der Waals surface area contributed by atoms with E-state index in [-0.39, 0.29) is 17.1 Å². The van der Waals surface area contributed by atoms with Crippen LogP contribution in [0.4, 0.5) is 5.69 Å². The molecule has 2 amide bonds. The number of thioether (sulfide) groups is 1. The van der Waals surface area contributed by atoms with Crippen LogP contribution < -0.4 is 5.32 Å². The molecule has 152 valence electrons. The number of fused-ring (bicyclic) bond motifs is 1. The standard InChI is InChI=1S/C25H24N2O2S/c1-18-24(28)26-22-16-21(12-13-23(22)30-18)25(29)27(17-20-10-6-3-7-11-20)15-14-19-8-4-2-5-9-19/h2-13,16,18H,14-15,17H2,1H3,(H,26,28)/t18-/m0/s1. The first-order chi connectivity index (χ1) is 14.6. The van der Waals surface area contributed by atoms with Crippen molar-refractivity contribution in [1.29, 1.82) is 0 Å². The molecular formula is C25H24N2O2S. The Bertz CT molecular complexity index is 1040. The lowest BCUT2D eigenvalue weighted by Crippen LogP contribution is -2.33. The molecule has 5 heteroatoms. The molecule has 0 fully saturated rings. The fourth-order valence-electron chi connectivity index (χ4n) is 3.49. The third kappa shape index (κ3) is 4.74. The lowest BCUT2D eigenvalue weighted by Gasteiger charge is -2.25. The maximum absolute atomic E-state index is 13.4. The molecule has 0 spiro atoms. The largest absolute Gasteiger partial charge is 0.334 e. The Hall–Kier alpha value is -3.05. The Labute approximate surface area is 181 Å². The maximum Gasteiger partial charge on any atom is 0.254 e. The van der Waals surface area contributed by atoms with E-state index in [1.165, 1.54) is 17.3 Å². The van der Waals surface area contributed by atoms with Crippen molar-refractivity contribution in [3.63, 3.8) is 0 Å². The number of amides is 2. The summed E-state index contributed by atoms with van der Waals surface area (Å²) in [7, 11) is 0. The number of carbonyl (C=O) groups is 2. The highest BCUT2D eigenvalue weighted by molar-refractivity contribution is 8.00. The van der Waals surface area contributed by atoms with Gasteiger partial charge in [-0.15, -0.1) is 11.8 Å². The van der Waals surface area contributed by atoms with Crippen LogP contribution in [-0.2, 0) is 17.8 Å². The van der Waals surface area contributed by atoms with Gasteiger partial charge in [-0.2, -0.15) is 0 Å². The molecule has 30 heavy (non-hydrogen) atoms. The molecule has 3 aromatic rings. The minimum absolute atomic E-state index is 0.0256. The van der Waals surface area contributed by atoms with Gasteiger partial charge in [0.15, 0.2) is 0 Å². The van der Waals surface area contributed by atoms with E-state index in [4.69, 9.17) is 0 Å². The molecule has 0 radical (unpaired) electrons. The van der Waals surface area contributed by atoms with Gasteiger partial charge >= 0.3 is 0 Å². The van der Waals surface area contributed by atoms with Crippen LogP contribution in [0.1, 0.15) is 28.4 Å². The third-order valence-electron chi connectivity index (χ3n) is 5.17. The molecule has 1 heterocycles. The Balaban J connectivity index is 1.57. The van der Waals surface area contributed by atoms with Crippen LogP contribution in [0.15, 0.2) is 83.8 Å². The zero-order valence-electron chi connectivity index (χ0n) is 16.9. The number of carbonyl (C=O) groups excluding carboxylic acids is 2. The molecule has 1 atom stereocenters. The fourth-order valence-corrected chi connectivity index (χ4v) is 4.42. The van der Waals surface area contributed by atoms with Gasteiger partial charge in [0.2, 0.25) is 5.91 Å². The van der Waals surface area contributed by atoms with E-state index in [0.29, 0.717) is 18.7 Å². The van der Waals surface area contributed by atoms with Gasteiger partial charge in [-0.3, -0.25) is 9.59 Å². The molecule has 1 N–H and O–H groups in total. The van der Waals surface area contributed by atoms with Gasteiger partial charge in [-0.1, -0.05) is 60.7 Å². The van der Waals surface area contributed by atoms with Gasteiger partial charge in [0.05, 0.1) is 10.9 Å². The fraction of sp³-hybridized carbons (Fsp3) is 0.200. The maximum atomic E-state index is 13.4. The summed E-state index contributed by atoms with van der Waals surface area (Å²) in [5.41, 5.74) is 3.60. The van der Waals surface area contributed by atoms with Crippen LogP contribution in [0.2, 0.25) is 0 Å². The molecule has 4 nitrogen and oxygen atoms in total. The first-order valence-electron chi connectivity index (χ1n) is 10.1. The second-order valence-electron chi connectivity index (χ2n) is 7.41. The minimum Gasteiger partial charge on any atom is -0.334 e. The Kier molecular flexibility index (Phi) is 6.19. The van der Waals surface area contributed by atoms with Crippen molar-refractivity contribution >= 4 is 29.3 Å². The van der Waals surface area contributed by atoms with Crippen molar-refractivity contribution in [2.75, 3.05) is 11.9 Å². The Morgan fingerprint density at radius 3 is 2.33 bits per heavy atom. The van der Waals surface area contributed by atoms with Crippen molar-refractivity contribution in [3.8, 4) is 0 Å². The zero-order chi connectivity index (χ0) is 20.9. The van der Waals surface area contributed by atoms with Crippen molar-refractivity contribution in [3.05, 3.63) is 95.6 Å². The first kappa shape index (κ1) is 20.2. The highest BCUT2D eigenvalue weighted by atomic mass is 32.2. The summed E-state index contributed by atoms with van der Waals surface area (Å²) < 4.78 is 0. The van der Waals surface area contributed by atoms with Gasteiger partial charge in [0.25, 0.3) is 5.91 Å². The summed E-state index contributed by atoms with van der Waals surface area (Å²) in [5.74, 6) is -0.0576. The normalized spacial score (nSPS) is 15.2. The van der Waals surface area contributed by atoms with E-state index in [0.717, 1.165) is 22.6 Å². The average molecular weight is 417 g/mol. The average Bonchev–Trinajstić information content (AvgIpc) is 2.78. The van der Waals surface area contributed by atoms with Gasteiger partial charge in [0.1, 0.15) is 0 Å². The summed E-state index contributed by atoms with van der Waals surface area (Å²) in [4.78, 5) is 28.3. The molecule has 0 unspecified atom stereocenters. The second-order valence-corrected chi connectivity index (χ2v) is 8.79. The van der Waals surface area contributed by atoms with Gasteiger partial charge < -0.3 is 10.2 Å². The van der Waals surface area contributed by atoms with Crippen LogP contribution in [0.25, 0.3) is 0 Å². The quantitative estimate of drug-likeness (QED) is 0.615. The molecule has 3 aromatic carbocycles. The summed E-state index contributed by atoms with van der Waals surface area (Å²) in [6.07, 6.45) is 0.786. The molecular weight excluding hydrogens is 392 g/mol. The van der Waals surface area contributed by atoms with Crippen LogP contribution in [-0.4, -0.2) is 28.5 Å². The van der Waals surface area contributed by atoms with E-state index in [1.54, 1.807) is 6.07 Å². The summed E-state index contributed by atoms with van der Waals surface area (Å²) >= 11 is 1.52. The smallest absolute Gasteiger partial charge is 0.254 e. The number of hydrogen-bond donors (Lipinski definition) is 1. The number of nitrogens with zero attached hydrogens (tertiary/aromatic N) is 1. The van der Waals surface area contributed by atoms with E-state index in [1.807, 2.05) is 72.5 Å². The molecule has 0 saturated heterocycles. The van der Waals surface area contributed by atoms with E-state index < -0.39 is 0 Å². The number of rotatable bonds is 6. The highest BCUT2D eigenvalue weighted by Crippen LogP contribution is 2.36. The van der Waals surface area contributed by atoms with Gasteiger partial charge in [-0.05, 0) is 42.7 Å². The molecule has 1 aliphatic heterocycles. The van der Waals surface area contributed by atoms with E-state index in [9.17, 15) is 9.59 Å². The number of benzene rings is 3. The monoisotopic (exact) mass is 416 g/mol. The highest BCUT2D eigenvalue weighted by Gasteiger charge is 2.25. The first-order valence-corrected chi connectivity index (χ1v) is 11.0. The molecule has 0 bridgehead atoms. The van der Waals surface area contributed by atoms with Crippen LogP contribution in [0, 0.1) is 0 Å². The topological polar surface area (TPSA) is 49.4 Å². The van der Waals surface area contributed by atoms with E-state index in [2.05, 4.69) is 17.4 Å². The van der Waals surface area contributed by atoms with Crippen LogP contribution in [0.3, 0.4) is 0 Å². The molecule has 0 aliphatic carbocycles. The van der Waals surface area contributed by atoms with Crippen molar-refractivity contribution in [1.82, 2.24) is 4.90 Å². The molecule has 0 saturated carbocycles. The number of hydrogen-bond acceptors (Lipinski definition) is 3. The second kappa shape index (κ2) is 9.18. The summed E-state index contributed by atoms with van der Waals surface area (Å²) in [6, 6.07) is 25.8. The summed E-state index contributed by atoms with van der Waals surface area (Å²) in [6.45, 7) is 3.04. The van der Waals surface area contributed by atoms with Crippen LogP contribution >= 0.6 is 11.8 Å². The number of anilines is 1. The SMILES string of the molecule is C[C@@H]1Sc2ccc(C(=O)N(CCc3ccccc3)Cc3ccccc3)cc2NC1=O. The van der Waals surface area contributed by atoms with Crippen LogP contribution in [0.5, 0.6) is 0 Å². The Morgan fingerprint density at radius 1 is 0.967 bits per heavy atom.